The van der Waals surface area contributed by atoms with Gasteiger partial charge in [-0.05, 0) is 18.5 Å². The minimum absolute atomic E-state index is 0.0903. The molecule has 0 bridgehead atoms. The van der Waals surface area contributed by atoms with Gasteiger partial charge < -0.3 is 10.6 Å². The molecule has 0 aliphatic carbocycles. The number of carbonyl (C=O) groups excluding carboxylic acids is 1. The SMILES string of the molecule is CCN(Cc1csc(CC(=O)N(C)C)n1)CC(C)(C)CN. The fourth-order valence-corrected chi connectivity index (χ4v) is 2.74. The van der Waals surface area contributed by atoms with Crippen molar-refractivity contribution in [3.8, 4) is 0 Å². The predicted octanol–water partition coefficient (Wildman–Crippen LogP) is 1.58. The van der Waals surface area contributed by atoms with Crippen molar-refractivity contribution in [1.82, 2.24) is 14.8 Å². The normalized spacial score (nSPS) is 12.0. The van der Waals surface area contributed by atoms with Crippen molar-refractivity contribution >= 4 is 17.2 Å². The molecule has 1 amide bonds. The molecule has 0 saturated carbocycles. The molecule has 0 aliphatic rings. The lowest BCUT2D eigenvalue weighted by Gasteiger charge is -2.30. The molecule has 6 heteroatoms. The van der Waals surface area contributed by atoms with Gasteiger partial charge in [-0.3, -0.25) is 9.69 Å². The summed E-state index contributed by atoms with van der Waals surface area (Å²) in [6, 6.07) is 0. The van der Waals surface area contributed by atoms with Gasteiger partial charge in [-0.1, -0.05) is 20.8 Å². The van der Waals surface area contributed by atoms with Gasteiger partial charge in [-0.2, -0.15) is 0 Å². The molecule has 5 nitrogen and oxygen atoms in total. The van der Waals surface area contributed by atoms with E-state index in [9.17, 15) is 4.79 Å². The highest BCUT2D eigenvalue weighted by Gasteiger charge is 2.20. The van der Waals surface area contributed by atoms with Crippen molar-refractivity contribution in [1.29, 1.82) is 0 Å². The van der Waals surface area contributed by atoms with Gasteiger partial charge >= 0.3 is 0 Å². The van der Waals surface area contributed by atoms with Gasteiger partial charge in [0.25, 0.3) is 0 Å². The highest BCUT2D eigenvalue weighted by molar-refractivity contribution is 7.09. The van der Waals surface area contributed by atoms with Gasteiger partial charge in [0.15, 0.2) is 0 Å². The summed E-state index contributed by atoms with van der Waals surface area (Å²) in [5.74, 6) is 0.0903. The van der Waals surface area contributed by atoms with Crippen molar-refractivity contribution < 1.29 is 4.79 Å². The Bertz CT molecular complexity index is 456. The molecule has 0 atom stereocenters. The molecule has 1 rings (SSSR count). The Morgan fingerprint density at radius 1 is 1.43 bits per heavy atom. The zero-order chi connectivity index (χ0) is 16.0. The van der Waals surface area contributed by atoms with E-state index in [1.165, 1.54) is 0 Å². The van der Waals surface area contributed by atoms with Crippen LogP contribution in [-0.4, -0.2) is 54.4 Å². The lowest BCUT2D eigenvalue weighted by Crippen LogP contribution is -2.38. The van der Waals surface area contributed by atoms with Crippen LogP contribution >= 0.6 is 11.3 Å². The summed E-state index contributed by atoms with van der Waals surface area (Å²) in [7, 11) is 3.54. The number of rotatable bonds is 8. The quantitative estimate of drug-likeness (QED) is 0.791. The zero-order valence-electron chi connectivity index (χ0n) is 13.8. The van der Waals surface area contributed by atoms with Gasteiger partial charge in [0.1, 0.15) is 5.01 Å². The third-order valence-corrected chi connectivity index (χ3v) is 4.34. The third-order valence-electron chi connectivity index (χ3n) is 3.44. The largest absolute Gasteiger partial charge is 0.348 e. The second-order valence-corrected chi connectivity index (χ2v) is 7.31. The summed E-state index contributed by atoms with van der Waals surface area (Å²) >= 11 is 1.56. The second kappa shape index (κ2) is 7.87. The molecule has 1 aromatic rings. The summed E-state index contributed by atoms with van der Waals surface area (Å²) in [5.41, 5.74) is 6.95. The predicted molar refractivity (Wildman–Crippen MR) is 88.3 cm³/mol. The minimum atomic E-state index is 0.0903. The summed E-state index contributed by atoms with van der Waals surface area (Å²) < 4.78 is 0. The van der Waals surface area contributed by atoms with Crippen LogP contribution in [0.25, 0.3) is 0 Å². The first-order valence-corrected chi connectivity index (χ1v) is 8.21. The molecule has 0 aliphatic heterocycles. The molecule has 0 saturated heterocycles. The van der Waals surface area contributed by atoms with Crippen molar-refractivity contribution in [2.45, 2.75) is 33.7 Å². The number of likely N-dealkylation sites (N-methyl/N-ethyl adjacent to an activating group) is 1. The number of hydrogen-bond acceptors (Lipinski definition) is 5. The van der Waals surface area contributed by atoms with E-state index in [1.54, 1.807) is 30.3 Å². The van der Waals surface area contributed by atoms with E-state index in [1.807, 2.05) is 0 Å². The number of carbonyl (C=O) groups is 1. The Hall–Kier alpha value is -0.980. The van der Waals surface area contributed by atoms with Crippen molar-refractivity contribution in [2.75, 3.05) is 33.7 Å². The molecule has 0 radical (unpaired) electrons. The summed E-state index contributed by atoms with van der Waals surface area (Å²) in [6.45, 7) is 9.90. The average molecular weight is 312 g/mol. The lowest BCUT2D eigenvalue weighted by atomic mass is 9.93. The standard InChI is InChI=1S/C15H28N4OS/c1-6-19(11-15(2,3)10-16)8-12-9-21-13(17-12)7-14(20)18(4)5/h9H,6-8,10-11,16H2,1-5H3. The molecule has 1 heterocycles. The van der Waals surface area contributed by atoms with E-state index in [2.05, 4.69) is 36.0 Å². The van der Waals surface area contributed by atoms with Crippen LogP contribution in [0.1, 0.15) is 31.5 Å². The van der Waals surface area contributed by atoms with Crippen LogP contribution in [0.15, 0.2) is 5.38 Å². The fraction of sp³-hybridized carbons (Fsp3) is 0.733. The van der Waals surface area contributed by atoms with Gasteiger partial charge in [-0.15, -0.1) is 11.3 Å². The monoisotopic (exact) mass is 312 g/mol. The molecular weight excluding hydrogens is 284 g/mol. The van der Waals surface area contributed by atoms with Crippen LogP contribution in [0, 0.1) is 5.41 Å². The first kappa shape index (κ1) is 18.1. The minimum Gasteiger partial charge on any atom is -0.348 e. The Morgan fingerprint density at radius 3 is 2.62 bits per heavy atom. The van der Waals surface area contributed by atoms with Crippen LogP contribution < -0.4 is 5.73 Å². The maximum absolute atomic E-state index is 11.7. The van der Waals surface area contributed by atoms with Crippen LogP contribution in [0.4, 0.5) is 0 Å². The van der Waals surface area contributed by atoms with E-state index >= 15 is 0 Å². The molecule has 0 fully saturated rings. The smallest absolute Gasteiger partial charge is 0.228 e. The highest BCUT2D eigenvalue weighted by atomic mass is 32.1. The van der Waals surface area contributed by atoms with E-state index in [4.69, 9.17) is 5.73 Å². The third kappa shape index (κ3) is 6.11. The Labute approximate surface area is 132 Å². The average Bonchev–Trinajstić information content (AvgIpc) is 2.84. The number of hydrogen-bond donors (Lipinski definition) is 1. The molecule has 21 heavy (non-hydrogen) atoms. The Balaban J connectivity index is 2.62. The molecule has 0 unspecified atom stereocenters. The zero-order valence-corrected chi connectivity index (χ0v) is 14.7. The number of nitrogens with two attached hydrogens (primary N) is 1. The number of aromatic nitrogens is 1. The van der Waals surface area contributed by atoms with Crippen LogP contribution in [-0.2, 0) is 17.8 Å². The molecule has 2 N–H and O–H groups in total. The maximum atomic E-state index is 11.7. The van der Waals surface area contributed by atoms with Crippen LogP contribution in [0.3, 0.4) is 0 Å². The van der Waals surface area contributed by atoms with Crippen molar-refractivity contribution in [2.24, 2.45) is 11.1 Å². The van der Waals surface area contributed by atoms with Crippen molar-refractivity contribution in [3.05, 3.63) is 16.1 Å². The van der Waals surface area contributed by atoms with Gasteiger partial charge in [0, 0.05) is 32.6 Å². The summed E-state index contributed by atoms with van der Waals surface area (Å²) in [6.07, 6.45) is 0.387. The fourth-order valence-electron chi connectivity index (χ4n) is 1.97. The first-order chi connectivity index (χ1) is 9.77. The highest BCUT2D eigenvalue weighted by Crippen LogP contribution is 2.18. The Kier molecular flexibility index (Phi) is 6.77. The second-order valence-electron chi connectivity index (χ2n) is 6.37. The number of nitrogens with zero attached hydrogens (tertiary/aromatic N) is 3. The van der Waals surface area contributed by atoms with Crippen LogP contribution in [0.2, 0.25) is 0 Å². The summed E-state index contributed by atoms with van der Waals surface area (Å²) in [4.78, 5) is 20.2. The van der Waals surface area contributed by atoms with Crippen LogP contribution in [0.5, 0.6) is 0 Å². The molecule has 120 valence electrons. The molecule has 0 aromatic carbocycles. The molecular formula is C15H28N4OS. The van der Waals surface area contributed by atoms with Crippen molar-refractivity contribution in [3.63, 3.8) is 0 Å². The van der Waals surface area contributed by atoms with Gasteiger partial charge in [0.2, 0.25) is 5.91 Å². The van der Waals surface area contributed by atoms with E-state index in [-0.39, 0.29) is 11.3 Å². The van der Waals surface area contributed by atoms with Gasteiger partial charge in [-0.25, -0.2) is 4.98 Å². The number of amides is 1. The molecule has 1 aromatic heterocycles. The van der Waals surface area contributed by atoms with E-state index < -0.39 is 0 Å². The van der Waals surface area contributed by atoms with E-state index in [0.717, 1.165) is 30.3 Å². The Morgan fingerprint density at radius 2 is 2.10 bits per heavy atom. The first-order valence-electron chi connectivity index (χ1n) is 7.33. The van der Waals surface area contributed by atoms with E-state index in [0.29, 0.717) is 13.0 Å². The van der Waals surface area contributed by atoms with Gasteiger partial charge in [0.05, 0.1) is 12.1 Å². The number of thiazole rings is 1. The topological polar surface area (TPSA) is 62.5 Å². The maximum Gasteiger partial charge on any atom is 0.228 e. The lowest BCUT2D eigenvalue weighted by molar-refractivity contribution is -0.127. The summed E-state index contributed by atoms with van der Waals surface area (Å²) in [5, 5.41) is 2.94. The molecule has 0 spiro atoms.